The van der Waals surface area contributed by atoms with Gasteiger partial charge in [-0.3, -0.25) is 19.2 Å². The highest BCUT2D eigenvalue weighted by atomic mass is 35.5. The molecule has 2 aromatic rings. The van der Waals surface area contributed by atoms with Gasteiger partial charge in [-0.25, -0.2) is 0 Å². The lowest BCUT2D eigenvalue weighted by molar-refractivity contribution is -0.254. The Hall–Kier alpha value is -3.89. The summed E-state index contributed by atoms with van der Waals surface area (Å²) in [6, 6.07) is 9.34. The summed E-state index contributed by atoms with van der Waals surface area (Å²) in [5.74, 6) is -3.60. The van der Waals surface area contributed by atoms with Crippen LogP contribution in [0, 0.1) is 0 Å². The zero-order chi connectivity index (χ0) is 33.7. The molecule has 0 amide bonds. The Morgan fingerprint density at radius 3 is 1.91 bits per heavy atom. The smallest absolute Gasteiger partial charge is 0.463 e. The van der Waals surface area contributed by atoms with E-state index < -0.39 is 82.4 Å². The van der Waals surface area contributed by atoms with Crippen molar-refractivity contribution in [3.05, 3.63) is 64.2 Å². The molecule has 3 rings (SSSR count). The van der Waals surface area contributed by atoms with Gasteiger partial charge in [0.1, 0.15) is 24.6 Å². The number of carbonyl (C=O) groups is 4. The van der Waals surface area contributed by atoms with Gasteiger partial charge in [0.2, 0.25) is 0 Å². The van der Waals surface area contributed by atoms with E-state index in [2.05, 4.69) is 4.18 Å². The Labute approximate surface area is 260 Å². The number of carbonyl (C=O) groups excluding carboxylic acids is 4. The third-order valence-electron chi connectivity index (χ3n) is 6.20. The molecule has 1 heterocycles. The Kier molecular flexibility index (Phi) is 11.4. The maximum Gasteiger partial charge on any atom is 0.534 e. The lowest BCUT2D eigenvalue weighted by Gasteiger charge is -2.44. The van der Waals surface area contributed by atoms with E-state index in [1.54, 1.807) is 6.07 Å². The van der Waals surface area contributed by atoms with Crippen molar-refractivity contribution in [3.8, 4) is 5.75 Å². The second kappa shape index (κ2) is 14.5. The standard InChI is InChI=1S/C28H28ClF3O12S/c1-14(33)39-13-23-25(40-15(2)34)27(42-17(4)36)26(41-16(3)35)24(43-23)19-7-10-22(29)20(12-19)11-18-5-8-21(9-6-18)44-45(37,38)28(30,31)32/h5-10,12,23-27H,11,13H2,1-4H3/t23?,24-,25+,26-,27-/m0/s1. The van der Waals surface area contributed by atoms with Crippen LogP contribution in [0.5, 0.6) is 5.75 Å². The third-order valence-corrected chi connectivity index (χ3v) is 7.54. The van der Waals surface area contributed by atoms with Gasteiger partial charge in [0.15, 0.2) is 18.3 Å². The molecule has 5 atom stereocenters. The molecule has 1 aliphatic heterocycles. The fraction of sp³-hybridized carbons (Fsp3) is 0.429. The highest BCUT2D eigenvalue weighted by Crippen LogP contribution is 2.39. The first-order valence-corrected chi connectivity index (χ1v) is 14.8. The molecule has 1 unspecified atom stereocenters. The van der Waals surface area contributed by atoms with Gasteiger partial charge in [0, 0.05) is 32.7 Å². The van der Waals surface area contributed by atoms with Crippen LogP contribution in [0.4, 0.5) is 13.2 Å². The van der Waals surface area contributed by atoms with E-state index >= 15 is 0 Å². The molecule has 246 valence electrons. The summed E-state index contributed by atoms with van der Waals surface area (Å²) in [5.41, 5.74) is -4.30. The van der Waals surface area contributed by atoms with Crippen molar-refractivity contribution in [2.24, 2.45) is 0 Å². The zero-order valence-corrected chi connectivity index (χ0v) is 25.7. The number of esters is 4. The predicted octanol–water partition coefficient (Wildman–Crippen LogP) is 3.96. The summed E-state index contributed by atoms with van der Waals surface area (Å²) in [6.45, 7) is 4.02. The lowest BCUT2D eigenvalue weighted by Crippen LogP contribution is -2.59. The molecule has 0 radical (unpaired) electrons. The highest BCUT2D eigenvalue weighted by Gasteiger charge is 2.52. The molecule has 2 aromatic carbocycles. The van der Waals surface area contributed by atoms with Crippen molar-refractivity contribution in [3.63, 3.8) is 0 Å². The summed E-state index contributed by atoms with van der Waals surface area (Å²) >= 11 is 6.43. The molecule has 45 heavy (non-hydrogen) atoms. The molecule has 1 saturated heterocycles. The fourth-order valence-corrected chi connectivity index (χ4v) is 5.10. The van der Waals surface area contributed by atoms with Gasteiger partial charge in [-0.1, -0.05) is 35.9 Å². The average Bonchev–Trinajstić information content (AvgIpc) is 2.90. The van der Waals surface area contributed by atoms with Crippen LogP contribution in [0.15, 0.2) is 42.5 Å². The predicted molar refractivity (Wildman–Crippen MR) is 147 cm³/mol. The maximum absolute atomic E-state index is 12.7. The van der Waals surface area contributed by atoms with E-state index in [0.717, 1.165) is 39.8 Å². The minimum absolute atomic E-state index is 0.0875. The average molecular weight is 681 g/mol. The summed E-state index contributed by atoms with van der Waals surface area (Å²) in [5, 5.41) is 0.254. The van der Waals surface area contributed by atoms with Gasteiger partial charge in [0.05, 0.1) is 0 Å². The van der Waals surface area contributed by atoms with Gasteiger partial charge in [0.25, 0.3) is 0 Å². The summed E-state index contributed by atoms with van der Waals surface area (Å²) in [7, 11) is -5.86. The van der Waals surface area contributed by atoms with Crippen LogP contribution in [0.2, 0.25) is 5.02 Å². The van der Waals surface area contributed by atoms with Crippen LogP contribution in [0.3, 0.4) is 0 Å². The van der Waals surface area contributed by atoms with Crippen molar-refractivity contribution in [1.29, 1.82) is 0 Å². The van der Waals surface area contributed by atoms with Crippen LogP contribution < -0.4 is 4.18 Å². The Morgan fingerprint density at radius 2 is 1.38 bits per heavy atom. The van der Waals surface area contributed by atoms with Crippen LogP contribution in [-0.2, 0) is 59.4 Å². The number of rotatable bonds is 10. The Morgan fingerprint density at radius 1 is 0.822 bits per heavy atom. The van der Waals surface area contributed by atoms with E-state index in [4.69, 9.17) is 35.3 Å². The molecule has 0 spiro atoms. The van der Waals surface area contributed by atoms with E-state index in [0.29, 0.717) is 16.7 Å². The number of alkyl halides is 3. The first-order valence-electron chi connectivity index (χ1n) is 13.1. The van der Waals surface area contributed by atoms with Crippen molar-refractivity contribution in [2.45, 2.75) is 70.1 Å². The lowest BCUT2D eigenvalue weighted by atomic mass is 9.89. The van der Waals surface area contributed by atoms with Crippen LogP contribution in [-0.4, -0.2) is 68.8 Å². The monoisotopic (exact) mass is 680 g/mol. The first-order chi connectivity index (χ1) is 20.9. The minimum atomic E-state index is -5.86. The molecular formula is C28H28ClF3O12S. The number of benzene rings is 2. The molecule has 0 saturated carbocycles. The van der Waals surface area contributed by atoms with E-state index in [-0.39, 0.29) is 11.4 Å². The molecule has 0 aliphatic carbocycles. The van der Waals surface area contributed by atoms with Gasteiger partial charge in [-0.2, -0.15) is 21.6 Å². The molecule has 0 N–H and O–H groups in total. The first kappa shape index (κ1) is 35.6. The van der Waals surface area contributed by atoms with Gasteiger partial charge >= 0.3 is 39.5 Å². The quantitative estimate of drug-likeness (QED) is 0.154. The molecule has 0 bridgehead atoms. The van der Waals surface area contributed by atoms with Gasteiger partial charge in [-0.05, 0) is 41.3 Å². The number of halogens is 4. The molecule has 12 nitrogen and oxygen atoms in total. The Bertz CT molecular complexity index is 1530. The van der Waals surface area contributed by atoms with E-state index in [9.17, 15) is 40.8 Å². The summed E-state index contributed by atoms with van der Waals surface area (Å²) < 4.78 is 92.2. The second-order valence-electron chi connectivity index (χ2n) is 9.77. The maximum atomic E-state index is 12.7. The van der Waals surface area contributed by atoms with Gasteiger partial charge < -0.3 is 27.9 Å². The van der Waals surface area contributed by atoms with E-state index in [1.165, 1.54) is 24.3 Å². The van der Waals surface area contributed by atoms with Crippen LogP contribution in [0.25, 0.3) is 0 Å². The second-order valence-corrected chi connectivity index (χ2v) is 11.7. The highest BCUT2D eigenvalue weighted by molar-refractivity contribution is 7.88. The van der Waals surface area contributed by atoms with Crippen LogP contribution >= 0.6 is 11.6 Å². The molecule has 0 aromatic heterocycles. The normalized spacial score (nSPS) is 21.7. The van der Waals surface area contributed by atoms with Gasteiger partial charge in [-0.15, -0.1) is 0 Å². The SMILES string of the molecule is CC(=O)OCC1O[C@@H](c2ccc(Cl)c(Cc3ccc(OS(=O)(=O)C(F)(F)F)cc3)c2)[C@H](OC(C)=O)[C@@H](OC(C)=O)[C@@H]1OC(C)=O. The number of hydrogen-bond acceptors (Lipinski definition) is 12. The van der Waals surface area contributed by atoms with Crippen molar-refractivity contribution >= 4 is 45.6 Å². The molecule has 17 heteroatoms. The fourth-order valence-electron chi connectivity index (χ4n) is 4.46. The van der Waals surface area contributed by atoms with Crippen molar-refractivity contribution < 1.29 is 68.6 Å². The molecule has 1 fully saturated rings. The van der Waals surface area contributed by atoms with Crippen molar-refractivity contribution in [1.82, 2.24) is 0 Å². The topological polar surface area (TPSA) is 158 Å². The summed E-state index contributed by atoms with van der Waals surface area (Å²) in [6.07, 6.45) is -6.37. The minimum Gasteiger partial charge on any atom is -0.463 e. The summed E-state index contributed by atoms with van der Waals surface area (Å²) in [4.78, 5) is 47.8. The largest absolute Gasteiger partial charge is 0.534 e. The zero-order valence-electron chi connectivity index (χ0n) is 24.2. The number of ether oxygens (including phenoxy) is 5. The third kappa shape index (κ3) is 9.55. The Balaban J connectivity index is 1.99. The van der Waals surface area contributed by atoms with E-state index in [1.807, 2.05) is 0 Å². The molecule has 1 aliphatic rings. The molecular weight excluding hydrogens is 653 g/mol. The van der Waals surface area contributed by atoms with Crippen LogP contribution in [0.1, 0.15) is 50.5 Å². The van der Waals surface area contributed by atoms with Crippen molar-refractivity contribution in [2.75, 3.05) is 6.61 Å². The number of hydrogen-bond donors (Lipinski definition) is 0.